The number of piperidine rings is 1. The van der Waals surface area contributed by atoms with Crippen molar-refractivity contribution in [2.45, 2.75) is 49.2 Å². The Bertz CT molecular complexity index is 766. The minimum Gasteiger partial charge on any atom is -0.462 e. The largest absolute Gasteiger partial charge is 0.462 e. The second kappa shape index (κ2) is 6.58. The van der Waals surface area contributed by atoms with Crippen LogP contribution in [0.4, 0.5) is 0 Å². The first kappa shape index (κ1) is 17.9. The molecule has 0 unspecified atom stereocenters. The van der Waals surface area contributed by atoms with Crippen LogP contribution in [-0.4, -0.2) is 67.9 Å². The number of epoxide rings is 1. The molecule has 0 radical (unpaired) electrons. The predicted molar refractivity (Wildman–Crippen MR) is 89.8 cm³/mol. The molecule has 0 aromatic heterocycles. The molecule has 26 heavy (non-hydrogen) atoms. The van der Waals surface area contributed by atoms with E-state index in [9.17, 15) is 13.2 Å². The van der Waals surface area contributed by atoms with Crippen LogP contribution in [0.15, 0.2) is 30.3 Å². The molecule has 3 saturated heterocycles. The Balaban J connectivity index is 1.45. The number of carbonyl (C=O) groups is 1. The van der Waals surface area contributed by atoms with Gasteiger partial charge in [0.15, 0.2) is 0 Å². The van der Waals surface area contributed by atoms with Crippen LogP contribution in [0.1, 0.15) is 24.3 Å². The Labute approximate surface area is 152 Å². The summed E-state index contributed by atoms with van der Waals surface area (Å²) in [6, 6.07) is 9.16. The summed E-state index contributed by atoms with van der Waals surface area (Å²) < 4.78 is 46.4. The van der Waals surface area contributed by atoms with Crippen LogP contribution in [-0.2, 0) is 28.9 Å². The van der Waals surface area contributed by atoms with Gasteiger partial charge in [-0.3, -0.25) is 14.2 Å². The number of hydrogen-bond donors (Lipinski definition) is 1. The van der Waals surface area contributed by atoms with Gasteiger partial charge < -0.3 is 9.47 Å². The van der Waals surface area contributed by atoms with E-state index in [2.05, 4.69) is 16.1 Å². The lowest BCUT2D eigenvalue weighted by atomic mass is 9.97. The molecule has 3 aliphatic heterocycles. The maximum absolute atomic E-state index is 12.7. The van der Waals surface area contributed by atoms with Gasteiger partial charge in [0, 0.05) is 24.9 Å². The fourth-order valence-corrected chi connectivity index (χ4v) is 4.49. The molecule has 3 fully saturated rings. The molecular formula is C17H21NO7S. The number of likely N-dealkylation sites (N-methyl/N-ethyl adjacent to an activating group) is 1. The summed E-state index contributed by atoms with van der Waals surface area (Å²) in [4.78, 5) is 15.0. The van der Waals surface area contributed by atoms with Crippen LogP contribution in [0, 0.1) is 0 Å². The summed E-state index contributed by atoms with van der Waals surface area (Å²) in [5.74, 6) is -1.48. The van der Waals surface area contributed by atoms with Crippen LogP contribution in [0.5, 0.6) is 0 Å². The van der Waals surface area contributed by atoms with Crippen molar-refractivity contribution in [2.75, 3.05) is 13.7 Å². The Kier molecular flexibility index (Phi) is 4.52. The molecule has 0 saturated carbocycles. The quantitative estimate of drug-likeness (QED) is 0.436. The van der Waals surface area contributed by atoms with E-state index in [-0.39, 0.29) is 30.4 Å². The van der Waals surface area contributed by atoms with E-state index in [1.165, 1.54) is 0 Å². The van der Waals surface area contributed by atoms with E-state index in [1.54, 1.807) is 30.3 Å². The third-order valence-electron chi connectivity index (χ3n) is 5.53. The van der Waals surface area contributed by atoms with Gasteiger partial charge >= 0.3 is 16.4 Å². The van der Waals surface area contributed by atoms with Crippen LogP contribution >= 0.6 is 0 Å². The molecule has 3 aliphatic rings. The minimum atomic E-state index is -4.64. The van der Waals surface area contributed by atoms with E-state index in [0.29, 0.717) is 18.4 Å². The smallest absolute Gasteiger partial charge is 0.397 e. The van der Waals surface area contributed by atoms with Gasteiger partial charge in [0.1, 0.15) is 24.2 Å². The van der Waals surface area contributed by atoms with Crippen molar-refractivity contribution in [3.8, 4) is 0 Å². The summed E-state index contributed by atoms with van der Waals surface area (Å²) in [6.07, 6.45) is 1.63. The monoisotopic (exact) mass is 383 g/mol. The molecule has 142 valence electrons. The number of ether oxygens (including phenoxy) is 2. The van der Waals surface area contributed by atoms with Crippen molar-refractivity contribution in [3.63, 3.8) is 0 Å². The van der Waals surface area contributed by atoms with Crippen LogP contribution in [0.3, 0.4) is 0 Å². The number of benzene rings is 1. The van der Waals surface area contributed by atoms with Gasteiger partial charge in [-0.15, -0.1) is 0 Å². The number of fused-ring (bicyclic) bond motifs is 5. The lowest BCUT2D eigenvalue weighted by Gasteiger charge is -2.38. The highest BCUT2D eigenvalue weighted by Crippen LogP contribution is 2.48. The Morgan fingerprint density at radius 2 is 1.88 bits per heavy atom. The first-order chi connectivity index (χ1) is 12.3. The molecule has 9 heteroatoms. The fourth-order valence-electron chi connectivity index (χ4n) is 4.18. The Morgan fingerprint density at radius 3 is 2.46 bits per heavy atom. The molecule has 1 N–H and O–H groups in total. The van der Waals surface area contributed by atoms with Gasteiger partial charge in [0.25, 0.3) is 0 Å². The highest BCUT2D eigenvalue weighted by molar-refractivity contribution is 7.80. The number of rotatable bonds is 6. The molecule has 2 bridgehead atoms. The van der Waals surface area contributed by atoms with E-state index in [4.69, 9.17) is 14.0 Å². The van der Waals surface area contributed by atoms with Gasteiger partial charge in [0.2, 0.25) is 0 Å². The standard InChI is InChI=1S/C17H21NO7S/c1-18-13-7-11(8-14(18)16-15(13)25-16)24-17(19)12(9-23-26(20,21)22)10-5-3-2-4-6-10/h2-6,11-16H,7-9H2,1H3,(H,20,21,22)/t11-,12-,13-,14+,15-,16+/m1/s1. The van der Waals surface area contributed by atoms with Crippen LogP contribution in [0.25, 0.3) is 0 Å². The highest BCUT2D eigenvalue weighted by atomic mass is 32.3. The van der Waals surface area contributed by atoms with Crippen molar-refractivity contribution in [1.29, 1.82) is 0 Å². The first-order valence-corrected chi connectivity index (χ1v) is 9.94. The summed E-state index contributed by atoms with van der Waals surface area (Å²) in [7, 11) is -2.58. The number of hydrogen-bond acceptors (Lipinski definition) is 7. The molecule has 8 nitrogen and oxygen atoms in total. The molecule has 0 aliphatic carbocycles. The maximum atomic E-state index is 12.7. The van der Waals surface area contributed by atoms with E-state index in [1.807, 2.05) is 0 Å². The molecule has 6 atom stereocenters. The van der Waals surface area contributed by atoms with Crippen molar-refractivity contribution >= 4 is 16.4 Å². The summed E-state index contributed by atoms with van der Waals surface area (Å²) in [5.41, 5.74) is 0.572. The van der Waals surface area contributed by atoms with Crippen molar-refractivity contribution in [2.24, 2.45) is 0 Å². The van der Waals surface area contributed by atoms with Crippen molar-refractivity contribution in [1.82, 2.24) is 4.90 Å². The van der Waals surface area contributed by atoms with Gasteiger partial charge in [-0.05, 0) is 12.6 Å². The zero-order valence-electron chi connectivity index (χ0n) is 14.2. The minimum absolute atomic E-state index is 0.234. The second-order valence-electron chi connectivity index (χ2n) is 7.07. The Hall–Kier alpha value is -1.52. The predicted octanol–water partition coefficient (Wildman–Crippen LogP) is 0.745. The SMILES string of the molecule is CN1[C@@H]2C[C@@H](OC(=O)[C@H](COS(=O)(=O)O)c3ccccc3)C[C@H]1[C@@H]1O[C@@H]12. The van der Waals surface area contributed by atoms with E-state index in [0.717, 1.165) is 0 Å². The maximum Gasteiger partial charge on any atom is 0.397 e. The molecule has 4 rings (SSSR count). The van der Waals surface area contributed by atoms with E-state index >= 15 is 0 Å². The van der Waals surface area contributed by atoms with Gasteiger partial charge in [-0.25, -0.2) is 4.18 Å². The number of nitrogens with zero attached hydrogens (tertiary/aromatic N) is 1. The van der Waals surface area contributed by atoms with Crippen LogP contribution in [0.2, 0.25) is 0 Å². The van der Waals surface area contributed by atoms with E-state index < -0.39 is 28.9 Å². The number of morpholine rings is 1. The third-order valence-corrected chi connectivity index (χ3v) is 5.96. The normalized spacial score (nSPS) is 34.2. The van der Waals surface area contributed by atoms with Crippen molar-refractivity contribution in [3.05, 3.63) is 35.9 Å². The first-order valence-electron chi connectivity index (χ1n) is 8.58. The lowest BCUT2D eigenvalue weighted by molar-refractivity contribution is -0.156. The molecule has 1 aromatic rings. The van der Waals surface area contributed by atoms with Gasteiger partial charge in [-0.1, -0.05) is 30.3 Å². The zero-order valence-corrected chi connectivity index (χ0v) is 15.0. The van der Waals surface area contributed by atoms with Crippen LogP contribution < -0.4 is 0 Å². The molecule has 3 heterocycles. The van der Waals surface area contributed by atoms with Crippen molar-refractivity contribution < 1.29 is 31.4 Å². The second-order valence-corrected chi connectivity index (χ2v) is 8.16. The zero-order chi connectivity index (χ0) is 18.5. The molecular weight excluding hydrogens is 362 g/mol. The highest BCUT2D eigenvalue weighted by Gasteiger charge is 2.62. The number of carbonyl (C=O) groups excluding carboxylic acids is 1. The van der Waals surface area contributed by atoms with Gasteiger partial charge in [-0.2, -0.15) is 8.42 Å². The topological polar surface area (TPSA) is 106 Å². The average Bonchev–Trinajstić information content (AvgIpc) is 3.33. The summed E-state index contributed by atoms with van der Waals surface area (Å²) in [6.45, 7) is -0.504. The summed E-state index contributed by atoms with van der Waals surface area (Å²) >= 11 is 0. The fraction of sp³-hybridized carbons (Fsp3) is 0.588. The Morgan fingerprint density at radius 1 is 1.27 bits per heavy atom. The number of esters is 1. The summed E-state index contributed by atoms with van der Waals surface area (Å²) in [5, 5.41) is 0. The molecule has 0 amide bonds. The molecule has 0 spiro atoms. The lowest BCUT2D eigenvalue weighted by Crippen LogP contribution is -2.48. The third kappa shape index (κ3) is 3.49. The van der Waals surface area contributed by atoms with Gasteiger partial charge in [0.05, 0.1) is 6.61 Å². The average molecular weight is 383 g/mol. The molecule has 1 aromatic carbocycles.